The number of nitrogens with zero attached hydrogens (tertiary/aromatic N) is 1. The lowest BCUT2D eigenvalue weighted by atomic mass is 9.95. The molecule has 1 fully saturated rings. The Kier molecular flexibility index (Phi) is 5.74. The molecule has 0 spiro atoms. The van der Waals surface area contributed by atoms with Gasteiger partial charge in [-0.25, -0.2) is 0 Å². The number of amides is 1. The van der Waals surface area contributed by atoms with Crippen LogP contribution in [0.1, 0.15) is 22.0 Å². The fraction of sp³-hybridized carbons (Fsp3) is 0.130. The van der Waals surface area contributed by atoms with E-state index < -0.39 is 17.7 Å². The van der Waals surface area contributed by atoms with Gasteiger partial charge in [0.15, 0.2) is 0 Å². The average molecular weight is 484 g/mol. The molecule has 30 heavy (non-hydrogen) atoms. The highest BCUT2D eigenvalue weighted by atomic mass is 79.9. The van der Waals surface area contributed by atoms with Crippen LogP contribution in [0, 0.1) is 0 Å². The smallest absolute Gasteiger partial charge is 0.295 e. The molecular weight excluding hydrogens is 466 g/mol. The van der Waals surface area contributed by atoms with Crippen LogP contribution in [0.15, 0.2) is 76.1 Å². The molecule has 1 atom stereocenters. The van der Waals surface area contributed by atoms with E-state index in [-0.39, 0.29) is 17.9 Å². The lowest BCUT2D eigenvalue weighted by molar-refractivity contribution is -0.140. The van der Waals surface area contributed by atoms with Crippen molar-refractivity contribution in [2.75, 3.05) is 7.11 Å². The minimum absolute atomic E-state index is 0.0760. The van der Waals surface area contributed by atoms with Crippen molar-refractivity contribution in [3.05, 3.63) is 92.1 Å². The van der Waals surface area contributed by atoms with Gasteiger partial charge in [-0.05, 0) is 41.3 Å². The van der Waals surface area contributed by atoms with Crippen molar-refractivity contribution in [2.24, 2.45) is 0 Å². The molecule has 0 radical (unpaired) electrons. The predicted molar refractivity (Wildman–Crippen MR) is 119 cm³/mol. The lowest BCUT2D eigenvalue weighted by Crippen LogP contribution is -2.28. The molecule has 5 nitrogen and oxygen atoms in total. The van der Waals surface area contributed by atoms with Gasteiger partial charge in [-0.2, -0.15) is 0 Å². The van der Waals surface area contributed by atoms with Crippen molar-refractivity contribution in [1.29, 1.82) is 0 Å². The van der Waals surface area contributed by atoms with Crippen molar-refractivity contribution >= 4 is 44.7 Å². The zero-order valence-corrected chi connectivity index (χ0v) is 18.4. The normalized spacial score (nSPS) is 18.1. The molecule has 3 aromatic rings. The van der Waals surface area contributed by atoms with Gasteiger partial charge in [0.05, 0.1) is 25.3 Å². The van der Waals surface area contributed by atoms with Gasteiger partial charge in [-0.1, -0.05) is 46.3 Å². The van der Waals surface area contributed by atoms with Crippen molar-refractivity contribution in [3.63, 3.8) is 0 Å². The second-order valence-electron chi connectivity index (χ2n) is 6.79. The molecule has 1 N–H and O–H groups in total. The molecule has 1 amide bonds. The number of halogens is 1. The summed E-state index contributed by atoms with van der Waals surface area (Å²) in [6.07, 6.45) is 0. The molecule has 2 heterocycles. The molecule has 0 aliphatic carbocycles. The maximum Gasteiger partial charge on any atom is 0.295 e. The van der Waals surface area contributed by atoms with Crippen LogP contribution in [0.2, 0.25) is 0 Å². The second kappa shape index (κ2) is 8.45. The van der Waals surface area contributed by atoms with E-state index in [4.69, 9.17) is 4.74 Å². The van der Waals surface area contributed by atoms with Crippen molar-refractivity contribution in [3.8, 4) is 5.75 Å². The van der Waals surface area contributed by atoms with E-state index in [1.54, 1.807) is 49.6 Å². The SMILES string of the molecule is COc1cccc(C2/C(=C(/O)c3ccc(Br)cc3)C(=O)C(=O)N2Cc2cccs2)c1. The first-order valence-electron chi connectivity index (χ1n) is 9.20. The largest absolute Gasteiger partial charge is 0.507 e. The first-order valence-corrected chi connectivity index (χ1v) is 10.9. The van der Waals surface area contributed by atoms with Crippen molar-refractivity contribution in [2.45, 2.75) is 12.6 Å². The molecule has 152 valence electrons. The molecule has 1 aliphatic rings. The van der Waals surface area contributed by atoms with Gasteiger partial charge in [0, 0.05) is 14.9 Å². The number of carbonyl (C=O) groups is 2. The zero-order valence-electron chi connectivity index (χ0n) is 16.0. The number of ether oxygens (including phenoxy) is 1. The van der Waals surface area contributed by atoms with E-state index in [1.165, 1.54) is 16.2 Å². The van der Waals surface area contributed by atoms with Gasteiger partial charge < -0.3 is 14.7 Å². The standard InChI is InChI=1S/C23H18BrNO4S/c1-29-17-5-2-4-15(12-17)20-19(21(26)14-7-9-16(24)10-8-14)22(27)23(28)25(20)13-18-6-3-11-30-18/h2-12,20,26H,13H2,1H3/b21-19-. The number of rotatable bonds is 5. The molecule has 1 aliphatic heterocycles. The van der Waals surface area contributed by atoms with E-state index in [0.717, 1.165) is 9.35 Å². The Morgan fingerprint density at radius 1 is 1.13 bits per heavy atom. The Morgan fingerprint density at radius 3 is 2.57 bits per heavy atom. The summed E-state index contributed by atoms with van der Waals surface area (Å²) < 4.78 is 6.18. The number of hydrogen-bond acceptors (Lipinski definition) is 5. The highest BCUT2D eigenvalue weighted by Crippen LogP contribution is 2.41. The topological polar surface area (TPSA) is 66.8 Å². The van der Waals surface area contributed by atoms with Crippen LogP contribution in [0.5, 0.6) is 5.75 Å². The summed E-state index contributed by atoms with van der Waals surface area (Å²) in [5, 5.41) is 13.0. The summed E-state index contributed by atoms with van der Waals surface area (Å²) in [6, 6.07) is 17.3. The summed E-state index contributed by atoms with van der Waals surface area (Å²) >= 11 is 4.88. The number of aliphatic hydroxyl groups is 1. The number of aliphatic hydroxyl groups excluding tert-OH is 1. The van der Waals surface area contributed by atoms with Crippen LogP contribution < -0.4 is 4.74 Å². The first-order chi connectivity index (χ1) is 14.5. The van der Waals surface area contributed by atoms with Crippen molar-refractivity contribution in [1.82, 2.24) is 4.90 Å². The summed E-state index contributed by atoms with van der Waals surface area (Å²) in [5.41, 5.74) is 1.25. The van der Waals surface area contributed by atoms with Gasteiger partial charge in [-0.3, -0.25) is 9.59 Å². The highest BCUT2D eigenvalue weighted by molar-refractivity contribution is 9.10. The monoisotopic (exact) mass is 483 g/mol. The fourth-order valence-electron chi connectivity index (χ4n) is 3.53. The summed E-state index contributed by atoms with van der Waals surface area (Å²) in [7, 11) is 1.56. The number of benzene rings is 2. The van der Waals surface area contributed by atoms with Gasteiger partial charge in [0.2, 0.25) is 0 Å². The Balaban J connectivity index is 1.87. The Hall–Kier alpha value is -2.90. The predicted octanol–water partition coefficient (Wildman–Crippen LogP) is 5.14. The van der Waals surface area contributed by atoms with Crippen LogP contribution in [-0.4, -0.2) is 28.8 Å². The van der Waals surface area contributed by atoms with Gasteiger partial charge in [-0.15, -0.1) is 11.3 Å². The van der Waals surface area contributed by atoms with E-state index in [9.17, 15) is 14.7 Å². The van der Waals surface area contributed by atoms with Crippen LogP contribution in [0.4, 0.5) is 0 Å². The minimum Gasteiger partial charge on any atom is -0.507 e. The molecule has 0 bridgehead atoms. The van der Waals surface area contributed by atoms with Crippen LogP contribution >= 0.6 is 27.3 Å². The lowest BCUT2D eigenvalue weighted by Gasteiger charge is -2.25. The quantitative estimate of drug-likeness (QED) is 0.310. The maximum atomic E-state index is 13.0. The number of methoxy groups -OCH3 is 1. The van der Waals surface area contributed by atoms with E-state index in [0.29, 0.717) is 16.9 Å². The number of hydrogen-bond donors (Lipinski definition) is 1. The van der Waals surface area contributed by atoms with Crippen LogP contribution in [0.25, 0.3) is 5.76 Å². The minimum atomic E-state index is -0.717. The van der Waals surface area contributed by atoms with E-state index >= 15 is 0 Å². The second-order valence-corrected chi connectivity index (χ2v) is 8.74. The summed E-state index contributed by atoms with van der Waals surface area (Å²) in [6.45, 7) is 0.279. The maximum absolute atomic E-state index is 13.0. The van der Waals surface area contributed by atoms with Crippen LogP contribution in [-0.2, 0) is 16.1 Å². The van der Waals surface area contributed by atoms with E-state index in [1.807, 2.05) is 23.6 Å². The molecule has 1 aromatic heterocycles. The van der Waals surface area contributed by atoms with Gasteiger partial charge in [0.25, 0.3) is 11.7 Å². The Bertz CT molecular complexity index is 1120. The number of likely N-dealkylation sites (tertiary alicyclic amines) is 1. The van der Waals surface area contributed by atoms with E-state index in [2.05, 4.69) is 15.9 Å². The number of ketones is 1. The molecule has 1 saturated heterocycles. The Labute approximate surface area is 186 Å². The molecule has 4 rings (SSSR count). The first kappa shape index (κ1) is 20.4. The fourth-order valence-corrected chi connectivity index (χ4v) is 4.50. The third-order valence-electron chi connectivity index (χ3n) is 4.97. The summed E-state index contributed by atoms with van der Waals surface area (Å²) in [5.74, 6) is -0.908. The zero-order chi connectivity index (χ0) is 21.3. The molecule has 7 heteroatoms. The number of carbonyl (C=O) groups excluding carboxylic acids is 2. The summed E-state index contributed by atoms with van der Waals surface area (Å²) in [4.78, 5) is 28.4. The highest BCUT2D eigenvalue weighted by Gasteiger charge is 2.46. The molecular formula is C23H18BrNO4S. The third-order valence-corrected chi connectivity index (χ3v) is 6.36. The number of Topliss-reactive ketones (excluding diaryl/α,β-unsaturated/α-hetero) is 1. The third kappa shape index (κ3) is 3.78. The molecule has 2 aromatic carbocycles. The van der Waals surface area contributed by atoms with Gasteiger partial charge >= 0.3 is 0 Å². The molecule has 1 unspecified atom stereocenters. The Morgan fingerprint density at radius 2 is 1.90 bits per heavy atom. The average Bonchev–Trinajstić information content (AvgIpc) is 3.36. The van der Waals surface area contributed by atoms with Crippen LogP contribution in [0.3, 0.4) is 0 Å². The number of thiophene rings is 1. The van der Waals surface area contributed by atoms with Crippen molar-refractivity contribution < 1.29 is 19.4 Å². The van der Waals surface area contributed by atoms with Gasteiger partial charge in [0.1, 0.15) is 11.5 Å². The molecule has 0 saturated carbocycles.